The summed E-state index contributed by atoms with van der Waals surface area (Å²) in [6, 6.07) is 2.84. The number of hydrogen-bond donors (Lipinski definition) is 4. The fourth-order valence-corrected chi connectivity index (χ4v) is 6.01. The van der Waals surface area contributed by atoms with Gasteiger partial charge in [0.25, 0.3) is 12.3 Å². The zero-order chi connectivity index (χ0) is 28.6. The summed E-state index contributed by atoms with van der Waals surface area (Å²) in [5.74, 6) is -1.70. The Kier molecular flexibility index (Phi) is 11.2. The highest BCUT2D eigenvalue weighted by Gasteiger charge is 2.33. The molecule has 17 heteroatoms. The Morgan fingerprint density at radius 2 is 1.90 bits per heavy atom. The van der Waals surface area contributed by atoms with Crippen LogP contribution in [0.4, 0.5) is 23.2 Å². The van der Waals surface area contributed by atoms with Gasteiger partial charge in [0, 0.05) is 11.8 Å². The Bertz CT molecular complexity index is 1200. The van der Waals surface area contributed by atoms with Gasteiger partial charge in [0.1, 0.15) is 16.9 Å². The predicted octanol–water partition coefficient (Wildman–Crippen LogP) is 3.09. The van der Waals surface area contributed by atoms with Crippen LogP contribution in [0.15, 0.2) is 32.7 Å². The molecule has 0 spiro atoms. The maximum absolute atomic E-state index is 13.0. The summed E-state index contributed by atoms with van der Waals surface area (Å²) in [7, 11) is -3.11. The molecule has 1 aromatic carbocycles. The van der Waals surface area contributed by atoms with Gasteiger partial charge in [-0.05, 0) is 41.2 Å². The van der Waals surface area contributed by atoms with E-state index in [0.29, 0.717) is 24.6 Å². The van der Waals surface area contributed by atoms with Crippen molar-refractivity contribution >= 4 is 33.4 Å². The first-order chi connectivity index (χ1) is 18.5. The summed E-state index contributed by atoms with van der Waals surface area (Å²) >= 11 is 0.610. The van der Waals surface area contributed by atoms with E-state index in [4.69, 9.17) is 4.74 Å². The van der Waals surface area contributed by atoms with Crippen molar-refractivity contribution in [1.82, 2.24) is 20.4 Å². The van der Waals surface area contributed by atoms with Crippen LogP contribution in [0.2, 0.25) is 0 Å². The number of ether oxygens (including phenoxy) is 1. The van der Waals surface area contributed by atoms with Gasteiger partial charge in [-0.2, -0.15) is 0 Å². The van der Waals surface area contributed by atoms with Crippen molar-refractivity contribution < 1.29 is 45.2 Å². The van der Waals surface area contributed by atoms with E-state index in [2.05, 4.69) is 25.6 Å². The number of sulfonamides is 1. The molecule has 39 heavy (non-hydrogen) atoms. The largest absolute Gasteiger partial charge is 0.495 e. The molecular weight excluding hydrogens is 570 g/mol. The van der Waals surface area contributed by atoms with Gasteiger partial charge in [-0.1, -0.05) is 31.0 Å². The molecule has 0 radical (unpaired) electrons. The molecule has 0 unspecified atom stereocenters. The van der Waals surface area contributed by atoms with Crippen LogP contribution in [-0.2, 0) is 10.0 Å². The van der Waals surface area contributed by atoms with Crippen LogP contribution in [0, 0.1) is 5.92 Å². The lowest BCUT2D eigenvalue weighted by molar-refractivity contribution is 0.0741. The SMILES string of the molecule is COc1cc(N[C@@H](O)[C@@H](NC(=O)c2nonc2SCC(F)F)C2CCCCC2)ccc1S(=O)(=O)NCC(F)F. The lowest BCUT2D eigenvalue weighted by Crippen LogP contribution is -2.51. The van der Waals surface area contributed by atoms with Gasteiger partial charge in [-0.3, -0.25) is 4.79 Å². The molecule has 11 nitrogen and oxygen atoms in total. The summed E-state index contributed by atoms with van der Waals surface area (Å²) in [6.45, 7) is -1.07. The molecule has 3 rings (SSSR count). The van der Waals surface area contributed by atoms with Crippen molar-refractivity contribution in [3.8, 4) is 5.75 Å². The van der Waals surface area contributed by atoms with E-state index in [0.717, 1.165) is 25.3 Å². The zero-order valence-electron chi connectivity index (χ0n) is 20.8. The summed E-state index contributed by atoms with van der Waals surface area (Å²) < 4.78 is 86.5. The third-order valence-electron chi connectivity index (χ3n) is 6.01. The molecular formula is C22H29F4N5O6S2. The third-order valence-corrected chi connectivity index (χ3v) is 8.43. The van der Waals surface area contributed by atoms with Gasteiger partial charge in [0.2, 0.25) is 22.1 Å². The highest BCUT2D eigenvalue weighted by Crippen LogP contribution is 2.31. The molecule has 2 atom stereocenters. The molecule has 1 aliphatic rings. The first-order valence-corrected chi connectivity index (χ1v) is 14.4. The number of methoxy groups -OCH3 is 1. The fraction of sp³-hybridized carbons (Fsp3) is 0.591. The number of anilines is 1. The fourth-order valence-electron chi connectivity index (χ4n) is 4.21. The maximum atomic E-state index is 13.0. The van der Waals surface area contributed by atoms with Gasteiger partial charge in [0.15, 0.2) is 5.03 Å². The Hall–Kier alpha value is -2.63. The lowest BCUT2D eigenvalue weighted by Gasteiger charge is -2.34. The maximum Gasteiger partial charge on any atom is 0.276 e. The molecule has 1 saturated carbocycles. The quantitative estimate of drug-likeness (QED) is 0.145. The number of aromatic nitrogens is 2. The number of benzene rings is 1. The second kappa shape index (κ2) is 14.1. The van der Waals surface area contributed by atoms with Gasteiger partial charge >= 0.3 is 0 Å². The number of alkyl halides is 4. The topological polar surface area (TPSA) is 156 Å². The molecule has 1 amide bonds. The molecule has 0 aliphatic heterocycles. The number of nitrogens with zero attached hydrogens (tertiary/aromatic N) is 2. The first-order valence-electron chi connectivity index (χ1n) is 12.0. The number of aliphatic hydroxyl groups is 1. The normalized spacial score (nSPS) is 16.3. The number of aliphatic hydroxyl groups excluding tert-OH is 1. The summed E-state index contributed by atoms with van der Waals surface area (Å²) in [6.07, 6.45) is -2.77. The van der Waals surface area contributed by atoms with Crippen LogP contribution in [0.3, 0.4) is 0 Å². The van der Waals surface area contributed by atoms with Crippen LogP contribution in [-0.4, -0.2) is 74.3 Å². The number of rotatable bonds is 14. The number of hydrogen-bond acceptors (Lipinski definition) is 10. The lowest BCUT2D eigenvalue weighted by atomic mass is 9.83. The van der Waals surface area contributed by atoms with Crippen molar-refractivity contribution in [2.45, 2.75) is 67.1 Å². The van der Waals surface area contributed by atoms with Crippen LogP contribution in [0.1, 0.15) is 42.6 Å². The standard InChI is InChI=1S/C22H29F4N5O6S2/c1-36-14-9-13(7-8-15(14)39(34,35)27-10-16(23)24)28-20(32)18(12-5-3-2-4-6-12)29-21(33)19-22(31-37-30-19)38-11-17(25)26/h7-9,12,16-18,20,27-28,32H,2-6,10-11H2,1H3,(H,29,33)/t18-,20-/m0/s1. The number of amides is 1. The smallest absolute Gasteiger partial charge is 0.276 e. The number of nitrogens with one attached hydrogen (secondary N) is 3. The zero-order valence-corrected chi connectivity index (χ0v) is 22.4. The molecule has 1 heterocycles. The summed E-state index contributed by atoms with van der Waals surface area (Å²) in [4.78, 5) is 12.6. The van der Waals surface area contributed by atoms with E-state index < -0.39 is 53.3 Å². The van der Waals surface area contributed by atoms with Crippen LogP contribution in [0.25, 0.3) is 0 Å². The second-order valence-electron chi connectivity index (χ2n) is 8.72. The van der Waals surface area contributed by atoms with E-state index in [1.807, 2.05) is 0 Å². The van der Waals surface area contributed by atoms with Crippen molar-refractivity contribution in [2.24, 2.45) is 5.92 Å². The number of carbonyl (C=O) groups is 1. The minimum Gasteiger partial charge on any atom is -0.495 e. The third kappa shape index (κ3) is 8.68. The van der Waals surface area contributed by atoms with E-state index in [9.17, 15) is 35.9 Å². The molecule has 1 aromatic heterocycles. The van der Waals surface area contributed by atoms with Crippen molar-refractivity contribution in [3.63, 3.8) is 0 Å². The second-order valence-corrected chi connectivity index (χ2v) is 11.5. The molecule has 1 aliphatic carbocycles. The van der Waals surface area contributed by atoms with Gasteiger partial charge in [-0.15, -0.1) is 0 Å². The monoisotopic (exact) mass is 599 g/mol. The molecule has 0 bridgehead atoms. The highest BCUT2D eigenvalue weighted by molar-refractivity contribution is 7.99. The van der Waals surface area contributed by atoms with E-state index in [1.54, 1.807) is 4.72 Å². The Labute approximate surface area is 226 Å². The Morgan fingerprint density at radius 3 is 2.54 bits per heavy atom. The number of thioether (sulfide) groups is 1. The number of carbonyl (C=O) groups excluding carboxylic acids is 1. The average Bonchev–Trinajstić information content (AvgIpc) is 3.38. The molecule has 4 N–H and O–H groups in total. The predicted molar refractivity (Wildman–Crippen MR) is 133 cm³/mol. The van der Waals surface area contributed by atoms with Gasteiger partial charge in [-0.25, -0.2) is 35.3 Å². The summed E-state index contributed by atoms with van der Waals surface area (Å²) in [5, 5.41) is 23.5. The molecule has 1 fully saturated rings. The van der Waals surface area contributed by atoms with Crippen LogP contribution in [0.5, 0.6) is 5.75 Å². The molecule has 0 saturated heterocycles. The molecule has 2 aromatic rings. The van der Waals surface area contributed by atoms with E-state index in [-0.39, 0.29) is 33.0 Å². The van der Waals surface area contributed by atoms with Gasteiger partial charge < -0.3 is 20.5 Å². The summed E-state index contributed by atoms with van der Waals surface area (Å²) in [5.41, 5.74) is -0.0697. The van der Waals surface area contributed by atoms with E-state index >= 15 is 0 Å². The Balaban J connectivity index is 1.79. The van der Waals surface area contributed by atoms with Crippen molar-refractivity contribution in [1.29, 1.82) is 0 Å². The van der Waals surface area contributed by atoms with Crippen LogP contribution < -0.4 is 20.1 Å². The minimum absolute atomic E-state index is 0.111. The minimum atomic E-state index is -4.31. The Morgan fingerprint density at radius 1 is 1.18 bits per heavy atom. The van der Waals surface area contributed by atoms with Crippen molar-refractivity contribution in [3.05, 3.63) is 23.9 Å². The molecule has 218 valence electrons. The van der Waals surface area contributed by atoms with Crippen molar-refractivity contribution in [2.75, 3.05) is 24.7 Å². The first kappa shape index (κ1) is 30.9. The average molecular weight is 600 g/mol. The highest BCUT2D eigenvalue weighted by atomic mass is 32.2. The van der Waals surface area contributed by atoms with Gasteiger partial charge in [0.05, 0.1) is 25.4 Å². The van der Waals surface area contributed by atoms with E-state index in [1.165, 1.54) is 19.2 Å². The number of halogens is 4. The van der Waals surface area contributed by atoms with Crippen LogP contribution >= 0.6 is 11.8 Å².